The van der Waals surface area contributed by atoms with E-state index >= 15 is 0 Å². The molecule has 0 radical (unpaired) electrons. The van der Waals surface area contributed by atoms with Crippen molar-refractivity contribution in [2.45, 2.75) is 238 Å². The number of hydrogen-bond acceptors (Lipinski definition) is 5. The van der Waals surface area contributed by atoms with Gasteiger partial charge in [-0.3, -0.25) is 9.59 Å². The van der Waals surface area contributed by atoms with Crippen molar-refractivity contribution in [2.24, 2.45) is 0 Å². The van der Waals surface area contributed by atoms with Crippen LogP contribution in [0.3, 0.4) is 0 Å². The second kappa shape index (κ2) is 45.3. The molecular formula is C49H88O5. The number of ether oxygens (including phenoxy) is 2. The van der Waals surface area contributed by atoms with E-state index in [1.165, 1.54) is 128 Å². The van der Waals surface area contributed by atoms with Crippen LogP contribution in [-0.4, -0.2) is 36.4 Å². The number of unbranched alkanes of at least 4 members (excludes halogenated alkanes) is 26. The molecule has 0 saturated heterocycles. The van der Waals surface area contributed by atoms with E-state index in [2.05, 4.69) is 62.5 Å². The Kier molecular flexibility index (Phi) is 43.5. The van der Waals surface area contributed by atoms with Gasteiger partial charge in [0.1, 0.15) is 6.61 Å². The SMILES string of the molecule is CC/C=C\C/C=C\C/C=C\C/C=C\CCCCCCC(=O)OC(CO)COC(=O)CCCCCCCCCCCCCCCCCCCCCCCCC. The molecule has 0 aliphatic heterocycles. The summed E-state index contributed by atoms with van der Waals surface area (Å²) >= 11 is 0. The highest BCUT2D eigenvalue weighted by molar-refractivity contribution is 5.70. The van der Waals surface area contributed by atoms with Crippen molar-refractivity contribution in [3.8, 4) is 0 Å². The Labute approximate surface area is 335 Å². The molecule has 0 saturated carbocycles. The first-order chi connectivity index (χ1) is 26.6. The van der Waals surface area contributed by atoms with E-state index in [1.807, 2.05) is 0 Å². The second-order valence-electron chi connectivity index (χ2n) is 15.5. The Morgan fingerprint density at radius 3 is 1.20 bits per heavy atom. The van der Waals surface area contributed by atoms with Crippen molar-refractivity contribution in [3.05, 3.63) is 48.6 Å². The summed E-state index contributed by atoms with van der Waals surface area (Å²) in [7, 11) is 0. The van der Waals surface area contributed by atoms with E-state index in [0.717, 1.165) is 77.0 Å². The molecule has 1 N–H and O–H groups in total. The average Bonchev–Trinajstić information content (AvgIpc) is 3.17. The predicted octanol–water partition coefficient (Wildman–Crippen LogP) is 15.0. The summed E-state index contributed by atoms with van der Waals surface area (Å²) in [6.45, 7) is 4.03. The van der Waals surface area contributed by atoms with Gasteiger partial charge in [0.15, 0.2) is 6.10 Å². The van der Waals surface area contributed by atoms with Crippen LogP contribution in [0.4, 0.5) is 0 Å². The van der Waals surface area contributed by atoms with Crippen molar-refractivity contribution >= 4 is 11.9 Å². The minimum absolute atomic E-state index is 0.0741. The van der Waals surface area contributed by atoms with Crippen LogP contribution in [0.1, 0.15) is 232 Å². The molecule has 1 unspecified atom stereocenters. The van der Waals surface area contributed by atoms with Crippen LogP contribution in [-0.2, 0) is 19.1 Å². The topological polar surface area (TPSA) is 72.8 Å². The number of aliphatic hydroxyl groups excluding tert-OH is 1. The summed E-state index contributed by atoms with van der Waals surface area (Å²) < 4.78 is 10.6. The molecule has 0 aliphatic rings. The van der Waals surface area contributed by atoms with Crippen molar-refractivity contribution < 1.29 is 24.2 Å². The number of allylic oxidation sites excluding steroid dienone is 8. The lowest BCUT2D eigenvalue weighted by Crippen LogP contribution is -2.28. The number of rotatable bonds is 42. The van der Waals surface area contributed by atoms with E-state index in [1.54, 1.807) is 0 Å². The zero-order valence-corrected chi connectivity index (χ0v) is 35.7. The first-order valence-electron chi connectivity index (χ1n) is 23.2. The molecule has 0 aromatic carbocycles. The largest absolute Gasteiger partial charge is 0.462 e. The van der Waals surface area contributed by atoms with Crippen LogP contribution in [0.15, 0.2) is 48.6 Å². The molecule has 0 aromatic rings. The summed E-state index contributed by atoms with van der Waals surface area (Å²) in [5.74, 6) is -0.611. The summed E-state index contributed by atoms with van der Waals surface area (Å²) in [6.07, 6.45) is 57.7. The average molecular weight is 757 g/mol. The number of carbonyl (C=O) groups excluding carboxylic acids is 2. The van der Waals surface area contributed by atoms with Crippen LogP contribution >= 0.6 is 0 Å². The van der Waals surface area contributed by atoms with Gasteiger partial charge in [-0.25, -0.2) is 0 Å². The van der Waals surface area contributed by atoms with E-state index in [-0.39, 0.29) is 25.2 Å². The summed E-state index contributed by atoms with van der Waals surface area (Å²) in [5.41, 5.74) is 0. The molecule has 1 atom stereocenters. The summed E-state index contributed by atoms with van der Waals surface area (Å²) in [6, 6.07) is 0. The quantitative estimate of drug-likeness (QED) is 0.0381. The van der Waals surface area contributed by atoms with Crippen molar-refractivity contribution in [3.63, 3.8) is 0 Å². The van der Waals surface area contributed by atoms with Gasteiger partial charge in [0.2, 0.25) is 0 Å². The summed E-state index contributed by atoms with van der Waals surface area (Å²) in [4.78, 5) is 24.4. The third-order valence-electron chi connectivity index (χ3n) is 10.1. The number of hydrogen-bond donors (Lipinski definition) is 1. The van der Waals surface area contributed by atoms with Gasteiger partial charge in [-0.1, -0.05) is 217 Å². The molecule has 0 aromatic heterocycles. The normalized spacial score (nSPS) is 12.6. The highest BCUT2D eigenvalue weighted by Gasteiger charge is 2.16. The Balaban J connectivity index is 3.51. The van der Waals surface area contributed by atoms with Gasteiger partial charge in [-0.05, 0) is 51.4 Å². The fraction of sp³-hybridized carbons (Fsp3) is 0.796. The Morgan fingerprint density at radius 2 is 0.796 bits per heavy atom. The van der Waals surface area contributed by atoms with Gasteiger partial charge in [0.25, 0.3) is 0 Å². The first-order valence-corrected chi connectivity index (χ1v) is 23.2. The zero-order valence-electron chi connectivity index (χ0n) is 35.7. The smallest absolute Gasteiger partial charge is 0.306 e. The van der Waals surface area contributed by atoms with Gasteiger partial charge < -0.3 is 14.6 Å². The fourth-order valence-electron chi connectivity index (χ4n) is 6.66. The van der Waals surface area contributed by atoms with Crippen LogP contribution in [0.5, 0.6) is 0 Å². The maximum absolute atomic E-state index is 12.2. The molecule has 54 heavy (non-hydrogen) atoms. The lowest BCUT2D eigenvalue weighted by atomic mass is 10.0. The molecule has 0 heterocycles. The lowest BCUT2D eigenvalue weighted by molar-refractivity contribution is -0.161. The zero-order chi connectivity index (χ0) is 39.3. The van der Waals surface area contributed by atoms with Gasteiger partial charge in [0, 0.05) is 12.8 Å². The van der Waals surface area contributed by atoms with Gasteiger partial charge >= 0.3 is 11.9 Å². The van der Waals surface area contributed by atoms with Gasteiger partial charge in [0.05, 0.1) is 6.61 Å². The van der Waals surface area contributed by atoms with Crippen molar-refractivity contribution in [2.75, 3.05) is 13.2 Å². The molecule has 0 aliphatic carbocycles. The third kappa shape index (κ3) is 42.6. The van der Waals surface area contributed by atoms with E-state index in [9.17, 15) is 14.7 Å². The number of carbonyl (C=O) groups is 2. The standard InChI is InChI=1S/C49H88O5/c1-3-5-7-9-11-13-15-17-19-21-22-23-24-25-26-28-29-31-33-35-37-39-41-43-48(51)53-46-47(45-50)54-49(52)44-42-40-38-36-34-32-30-27-20-18-16-14-12-10-8-6-4-2/h6,8,12,14,18,20,30,32,47,50H,3-5,7,9-11,13,15-17,19,21-29,31,33-46H2,1-2H3/b8-6-,14-12-,20-18-,32-30-. The van der Waals surface area contributed by atoms with Gasteiger partial charge in [-0.2, -0.15) is 0 Å². The predicted molar refractivity (Wildman–Crippen MR) is 233 cm³/mol. The maximum Gasteiger partial charge on any atom is 0.306 e. The monoisotopic (exact) mass is 757 g/mol. The van der Waals surface area contributed by atoms with Gasteiger partial charge in [-0.15, -0.1) is 0 Å². The van der Waals surface area contributed by atoms with Crippen molar-refractivity contribution in [1.29, 1.82) is 0 Å². The molecule has 0 bridgehead atoms. The molecule has 5 nitrogen and oxygen atoms in total. The van der Waals surface area contributed by atoms with E-state index < -0.39 is 6.10 Å². The van der Waals surface area contributed by atoms with Crippen LogP contribution in [0.25, 0.3) is 0 Å². The Bertz CT molecular complexity index is 904. The van der Waals surface area contributed by atoms with Crippen LogP contribution in [0, 0.1) is 0 Å². The highest BCUT2D eigenvalue weighted by Crippen LogP contribution is 2.16. The lowest BCUT2D eigenvalue weighted by Gasteiger charge is -2.15. The Hall–Kier alpha value is -2.14. The van der Waals surface area contributed by atoms with Crippen LogP contribution in [0.2, 0.25) is 0 Å². The molecule has 0 spiro atoms. The number of esters is 2. The van der Waals surface area contributed by atoms with E-state index in [4.69, 9.17) is 9.47 Å². The third-order valence-corrected chi connectivity index (χ3v) is 10.1. The summed E-state index contributed by atoms with van der Waals surface area (Å²) in [5, 5.41) is 9.59. The fourth-order valence-corrected chi connectivity index (χ4v) is 6.66. The number of aliphatic hydroxyl groups is 1. The second-order valence-corrected chi connectivity index (χ2v) is 15.5. The molecule has 0 amide bonds. The van der Waals surface area contributed by atoms with Crippen molar-refractivity contribution in [1.82, 2.24) is 0 Å². The van der Waals surface area contributed by atoms with E-state index in [0.29, 0.717) is 12.8 Å². The maximum atomic E-state index is 12.2. The molecular weight excluding hydrogens is 669 g/mol. The molecule has 5 heteroatoms. The Morgan fingerprint density at radius 1 is 0.444 bits per heavy atom. The first kappa shape index (κ1) is 51.9. The minimum Gasteiger partial charge on any atom is -0.462 e. The molecule has 314 valence electrons. The minimum atomic E-state index is -0.783. The highest BCUT2D eigenvalue weighted by atomic mass is 16.6. The molecule has 0 rings (SSSR count). The van der Waals surface area contributed by atoms with Crippen LogP contribution < -0.4 is 0 Å². The molecule has 0 fully saturated rings.